The van der Waals surface area contributed by atoms with Gasteiger partial charge in [0.1, 0.15) is 12.6 Å². The van der Waals surface area contributed by atoms with Gasteiger partial charge in [0, 0.05) is 17.1 Å². The zero-order chi connectivity index (χ0) is 29.1. The van der Waals surface area contributed by atoms with Gasteiger partial charge >= 0.3 is 6.18 Å². The van der Waals surface area contributed by atoms with Crippen LogP contribution in [-0.4, -0.2) is 49.5 Å². The van der Waals surface area contributed by atoms with Crippen LogP contribution < -0.4 is 9.62 Å². The Bertz CT molecular complexity index is 1280. The van der Waals surface area contributed by atoms with Gasteiger partial charge in [-0.15, -0.1) is 0 Å². The van der Waals surface area contributed by atoms with Crippen molar-refractivity contribution < 1.29 is 31.2 Å². The molecule has 0 aliphatic carbocycles. The molecule has 0 saturated carbocycles. The molecule has 2 amide bonds. The van der Waals surface area contributed by atoms with Gasteiger partial charge < -0.3 is 10.2 Å². The molecule has 13 heteroatoms. The molecule has 1 atom stereocenters. The smallest absolute Gasteiger partial charge is 0.350 e. The zero-order valence-corrected chi connectivity index (χ0v) is 23.9. The first-order chi connectivity index (χ1) is 17.3. The average molecular weight is 596 g/mol. The summed E-state index contributed by atoms with van der Waals surface area (Å²) < 4.78 is 66.2. The topological polar surface area (TPSA) is 86.8 Å². The monoisotopic (exact) mass is 595 g/mol. The molecule has 0 aromatic heterocycles. The third kappa shape index (κ3) is 8.51. The quantitative estimate of drug-likeness (QED) is 0.414. The first kappa shape index (κ1) is 31.7. The molecule has 1 unspecified atom stereocenters. The van der Waals surface area contributed by atoms with Crippen LogP contribution in [0.4, 0.5) is 18.9 Å². The number of sulfonamides is 1. The van der Waals surface area contributed by atoms with Crippen molar-refractivity contribution in [1.82, 2.24) is 10.2 Å². The van der Waals surface area contributed by atoms with Gasteiger partial charge in [-0.2, -0.15) is 13.2 Å². The molecule has 0 aliphatic rings. The first-order valence-corrected chi connectivity index (χ1v) is 14.1. The molecule has 0 heterocycles. The maximum absolute atomic E-state index is 13.7. The highest BCUT2D eigenvalue weighted by Gasteiger charge is 2.36. The summed E-state index contributed by atoms with van der Waals surface area (Å²) in [5, 5.41) is 2.52. The number of carbonyl (C=O) groups excluding carboxylic acids is 2. The summed E-state index contributed by atoms with van der Waals surface area (Å²) in [6.45, 7) is 5.98. The number of halogens is 5. The maximum Gasteiger partial charge on any atom is 0.417 e. The van der Waals surface area contributed by atoms with Gasteiger partial charge in [0.2, 0.25) is 21.8 Å². The maximum atomic E-state index is 13.7. The average Bonchev–Trinajstić information content (AvgIpc) is 2.76. The van der Waals surface area contributed by atoms with Crippen molar-refractivity contribution in [1.29, 1.82) is 0 Å². The Morgan fingerprint density at radius 1 is 1.03 bits per heavy atom. The Morgan fingerprint density at radius 2 is 1.63 bits per heavy atom. The summed E-state index contributed by atoms with van der Waals surface area (Å²) in [7, 11) is -4.24. The second-order valence-electron chi connectivity index (χ2n) is 9.71. The predicted molar refractivity (Wildman–Crippen MR) is 143 cm³/mol. The van der Waals surface area contributed by atoms with Gasteiger partial charge in [0.25, 0.3) is 0 Å². The van der Waals surface area contributed by atoms with Gasteiger partial charge in [0.15, 0.2) is 0 Å². The molecule has 1 N–H and O–H groups in total. The SMILES string of the molecule is CCC(C(=O)NC(C)(C)C)N(Cc1ccccc1Cl)C(=O)CN(c1ccc(Cl)c(C(F)(F)F)c1)S(C)(=O)=O. The van der Waals surface area contributed by atoms with Crippen molar-refractivity contribution in [2.24, 2.45) is 0 Å². The normalized spacial score (nSPS) is 13.1. The number of benzene rings is 2. The largest absolute Gasteiger partial charge is 0.417 e. The number of nitrogens with zero attached hydrogens (tertiary/aromatic N) is 2. The summed E-state index contributed by atoms with van der Waals surface area (Å²) >= 11 is 12.0. The fraction of sp³-hybridized carbons (Fsp3) is 0.440. The van der Waals surface area contributed by atoms with Crippen molar-refractivity contribution in [3.63, 3.8) is 0 Å². The third-order valence-corrected chi connectivity index (χ3v) is 7.24. The Labute approximate surface area is 230 Å². The summed E-state index contributed by atoms with van der Waals surface area (Å²) in [6, 6.07) is 8.17. The van der Waals surface area contributed by atoms with Crippen molar-refractivity contribution in [3.05, 3.63) is 63.6 Å². The highest BCUT2D eigenvalue weighted by atomic mass is 35.5. The number of alkyl halides is 3. The molecule has 2 rings (SSSR count). The second kappa shape index (κ2) is 12.1. The lowest BCUT2D eigenvalue weighted by Gasteiger charge is -2.34. The van der Waals surface area contributed by atoms with Gasteiger partial charge in [-0.3, -0.25) is 13.9 Å². The number of rotatable bonds is 9. The van der Waals surface area contributed by atoms with E-state index in [1.807, 2.05) is 0 Å². The van der Waals surface area contributed by atoms with E-state index in [0.29, 0.717) is 21.0 Å². The van der Waals surface area contributed by atoms with E-state index >= 15 is 0 Å². The van der Waals surface area contributed by atoms with Crippen LogP contribution in [0.2, 0.25) is 10.0 Å². The fourth-order valence-corrected chi connectivity index (χ4v) is 4.94. The van der Waals surface area contributed by atoms with Gasteiger partial charge in [0.05, 0.1) is 22.5 Å². The zero-order valence-electron chi connectivity index (χ0n) is 21.6. The Morgan fingerprint density at radius 3 is 2.13 bits per heavy atom. The molecular weight excluding hydrogens is 566 g/mol. The summed E-state index contributed by atoms with van der Waals surface area (Å²) in [4.78, 5) is 28.0. The van der Waals surface area contributed by atoms with E-state index in [-0.39, 0.29) is 13.0 Å². The summed E-state index contributed by atoms with van der Waals surface area (Å²) in [5.41, 5.74) is -1.77. The molecule has 0 spiro atoms. The molecule has 2 aromatic rings. The van der Waals surface area contributed by atoms with E-state index in [4.69, 9.17) is 23.2 Å². The molecule has 0 fully saturated rings. The van der Waals surface area contributed by atoms with Crippen molar-refractivity contribution in [2.75, 3.05) is 17.1 Å². The Balaban J connectivity index is 2.56. The van der Waals surface area contributed by atoms with Crippen LogP contribution in [0.15, 0.2) is 42.5 Å². The number of anilines is 1. The molecule has 0 saturated heterocycles. The third-order valence-electron chi connectivity index (χ3n) is 5.41. The molecule has 7 nitrogen and oxygen atoms in total. The van der Waals surface area contributed by atoms with E-state index in [2.05, 4.69) is 5.32 Å². The lowest BCUT2D eigenvalue weighted by Crippen LogP contribution is -2.55. The minimum atomic E-state index is -4.85. The van der Waals surface area contributed by atoms with Gasteiger partial charge in [-0.25, -0.2) is 8.42 Å². The molecule has 2 aromatic carbocycles. The van der Waals surface area contributed by atoms with Gasteiger partial charge in [-0.1, -0.05) is 48.3 Å². The van der Waals surface area contributed by atoms with Crippen LogP contribution in [0.5, 0.6) is 0 Å². The van der Waals surface area contributed by atoms with Crippen LogP contribution in [0.25, 0.3) is 0 Å². The highest BCUT2D eigenvalue weighted by molar-refractivity contribution is 7.92. The fourth-order valence-electron chi connectivity index (χ4n) is 3.68. The number of carbonyl (C=O) groups is 2. The van der Waals surface area contributed by atoms with Crippen LogP contribution in [0, 0.1) is 0 Å². The Hall–Kier alpha value is -2.50. The van der Waals surface area contributed by atoms with Gasteiger partial charge in [-0.05, 0) is 57.0 Å². The minimum absolute atomic E-state index is 0.138. The van der Waals surface area contributed by atoms with Crippen LogP contribution in [0.1, 0.15) is 45.2 Å². The van der Waals surface area contributed by atoms with E-state index in [9.17, 15) is 31.2 Å². The molecule has 38 heavy (non-hydrogen) atoms. The highest BCUT2D eigenvalue weighted by Crippen LogP contribution is 2.37. The second-order valence-corrected chi connectivity index (χ2v) is 12.4. The van der Waals surface area contributed by atoms with Crippen LogP contribution in [-0.2, 0) is 32.3 Å². The molecule has 0 aliphatic heterocycles. The molecule has 210 valence electrons. The van der Waals surface area contributed by atoms with Crippen molar-refractivity contribution in [2.45, 2.75) is 58.4 Å². The van der Waals surface area contributed by atoms with Crippen molar-refractivity contribution in [3.8, 4) is 0 Å². The lowest BCUT2D eigenvalue weighted by atomic mass is 10.1. The number of hydrogen-bond acceptors (Lipinski definition) is 4. The van der Waals surface area contributed by atoms with Crippen molar-refractivity contribution >= 4 is 50.7 Å². The summed E-state index contributed by atoms with van der Waals surface area (Å²) in [6.07, 6.45) is -3.91. The van der Waals surface area contributed by atoms with Crippen LogP contribution in [0.3, 0.4) is 0 Å². The van der Waals surface area contributed by atoms with E-state index < -0.39 is 62.4 Å². The van der Waals surface area contributed by atoms with E-state index in [0.717, 1.165) is 18.4 Å². The van der Waals surface area contributed by atoms with E-state index in [1.165, 1.54) is 4.90 Å². The first-order valence-electron chi connectivity index (χ1n) is 11.5. The molecule has 0 radical (unpaired) electrons. The number of amides is 2. The lowest BCUT2D eigenvalue weighted by molar-refractivity contribution is -0.141. The standard InChI is InChI=1S/C25H30Cl2F3N3O4S/c1-6-21(23(35)31-24(2,3)4)32(14-16-9-7-8-10-19(16)26)22(34)15-33(38(5,36)37)17-11-12-20(27)18(13-17)25(28,29)30/h7-13,21H,6,14-15H2,1-5H3,(H,31,35). The minimum Gasteiger partial charge on any atom is -0.350 e. The predicted octanol–water partition coefficient (Wildman–Crippen LogP) is 5.50. The number of nitrogens with one attached hydrogen (secondary N) is 1. The van der Waals surface area contributed by atoms with E-state index in [1.54, 1.807) is 52.0 Å². The molecule has 0 bridgehead atoms. The summed E-state index contributed by atoms with van der Waals surface area (Å²) in [5.74, 6) is -1.29. The molecular formula is C25H30Cl2F3N3O4S. The number of hydrogen-bond donors (Lipinski definition) is 1. The Kier molecular flexibility index (Phi) is 10.1. The van der Waals surface area contributed by atoms with Crippen LogP contribution >= 0.6 is 23.2 Å².